The predicted molar refractivity (Wildman–Crippen MR) is 78.5 cm³/mol. The zero-order valence-corrected chi connectivity index (χ0v) is 13.2. The number of hydrogen-bond acceptors (Lipinski definition) is 5. The number of amides is 1. The molecule has 1 amide bonds. The van der Waals surface area contributed by atoms with Crippen LogP contribution in [0.1, 0.15) is 19.3 Å². The van der Waals surface area contributed by atoms with E-state index >= 15 is 0 Å². The molecule has 2 heterocycles. The first-order chi connectivity index (χ1) is 9.93. The van der Waals surface area contributed by atoms with Gasteiger partial charge in [0.1, 0.15) is 0 Å². The van der Waals surface area contributed by atoms with E-state index < -0.39 is 14.6 Å². The molecule has 6 nitrogen and oxygen atoms in total. The molecule has 0 aromatic carbocycles. The molecule has 0 radical (unpaired) electrons. The van der Waals surface area contributed by atoms with Crippen LogP contribution in [0.4, 0.5) is 0 Å². The van der Waals surface area contributed by atoms with Gasteiger partial charge in [-0.2, -0.15) is 0 Å². The van der Waals surface area contributed by atoms with Gasteiger partial charge in [0.25, 0.3) is 5.91 Å². The van der Waals surface area contributed by atoms with E-state index in [1.807, 2.05) is 6.08 Å². The Labute approximate surface area is 125 Å². The molecule has 0 aromatic rings. The minimum atomic E-state index is -3.10. The van der Waals surface area contributed by atoms with Crippen LogP contribution in [0.25, 0.3) is 0 Å². The molecule has 1 saturated carbocycles. The highest BCUT2D eigenvalue weighted by Crippen LogP contribution is 2.44. The number of sulfone groups is 1. The van der Waals surface area contributed by atoms with E-state index in [9.17, 15) is 13.2 Å². The lowest BCUT2D eigenvalue weighted by molar-refractivity contribution is -0.130. The minimum Gasteiger partial charge on any atom is -0.378 e. The van der Waals surface area contributed by atoms with Crippen molar-refractivity contribution in [1.29, 1.82) is 0 Å². The summed E-state index contributed by atoms with van der Waals surface area (Å²) in [6.07, 6.45) is 5.40. The quantitative estimate of drug-likeness (QED) is 0.731. The van der Waals surface area contributed by atoms with Crippen LogP contribution in [0.5, 0.6) is 0 Å². The second kappa shape index (κ2) is 5.28. The van der Waals surface area contributed by atoms with Crippen molar-refractivity contribution in [3.05, 3.63) is 11.8 Å². The van der Waals surface area contributed by atoms with Crippen molar-refractivity contribution in [3.63, 3.8) is 0 Å². The van der Waals surface area contributed by atoms with Gasteiger partial charge in [0, 0.05) is 32.4 Å². The molecule has 0 spiro atoms. The monoisotopic (exact) mass is 314 g/mol. The summed E-state index contributed by atoms with van der Waals surface area (Å²) in [7, 11) is -3.10. The first-order valence-electron chi connectivity index (χ1n) is 7.45. The Balaban J connectivity index is 1.71. The second-order valence-corrected chi connectivity index (χ2v) is 8.57. The number of hydrogen-bond donors (Lipinski definition) is 0. The van der Waals surface area contributed by atoms with Crippen molar-refractivity contribution in [2.24, 2.45) is 0 Å². The number of rotatable bonds is 4. The maximum atomic E-state index is 12.6. The van der Waals surface area contributed by atoms with Gasteiger partial charge < -0.3 is 14.5 Å². The first-order valence-corrected chi connectivity index (χ1v) is 9.34. The van der Waals surface area contributed by atoms with Crippen molar-refractivity contribution in [3.8, 4) is 0 Å². The van der Waals surface area contributed by atoms with Crippen LogP contribution < -0.4 is 0 Å². The molecule has 21 heavy (non-hydrogen) atoms. The largest absolute Gasteiger partial charge is 0.378 e. The van der Waals surface area contributed by atoms with Crippen LogP contribution in [0.15, 0.2) is 11.8 Å². The number of nitrogens with zero attached hydrogens (tertiary/aromatic N) is 2. The van der Waals surface area contributed by atoms with Crippen LogP contribution >= 0.6 is 0 Å². The Hall–Kier alpha value is -1.08. The lowest BCUT2D eigenvalue weighted by atomic mass is 10.1. The molecule has 1 aliphatic carbocycles. The maximum Gasteiger partial charge on any atom is 0.269 e. The molecule has 0 atom stereocenters. The van der Waals surface area contributed by atoms with E-state index in [0.717, 1.165) is 19.5 Å². The normalized spacial score (nSPS) is 25.8. The molecule has 1 saturated heterocycles. The lowest BCUT2D eigenvalue weighted by Gasteiger charge is -2.36. The summed E-state index contributed by atoms with van der Waals surface area (Å²) in [5, 5.41) is 0. The molecule has 7 heteroatoms. The fourth-order valence-electron chi connectivity index (χ4n) is 3.06. The summed E-state index contributed by atoms with van der Waals surface area (Å²) in [5.41, 5.74) is 0.717. The van der Waals surface area contributed by atoms with Gasteiger partial charge in [-0.25, -0.2) is 8.42 Å². The van der Waals surface area contributed by atoms with E-state index in [4.69, 9.17) is 4.74 Å². The molecule has 118 valence electrons. The molecule has 0 aromatic heterocycles. The van der Waals surface area contributed by atoms with Crippen molar-refractivity contribution < 1.29 is 17.9 Å². The van der Waals surface area contributed by atoms with Crippen LogP contribution in [0, 0.1) is 0 Å². The Morgan fingerprint density at radius 3 is 2.48 bits per heavy atom. The van der Waals surface area contributed by atoms with Crippen LogP contribution in [-0.4, -0.2) is 74.5 Å². The van der Waals surface area contributed by atoms with Crippen molar-refractivity contribution in [2.45, 2.75) is 24.0 Å². The third-order valence-corrected chi connectivity index (χ3v) is 6.78. The van der Waals surface area contributed by atoms with Gasteiger partial charge in [-0.05, 0) is 19.3 Å². The van der Waals surface area contributed by atoms with E-state index in [2.05, 4.69) is 4.90 Å². The van der Waals surface area contributed by atoms with Crippen LogP contribution in [0.3, 0.4) is 0 Å². The highest BCUT2D eigenvalue weighted by Gasteiger charge is 2.53. The second-order valence-electron chi connectivity index (χ2n) is 6.16. The van der Waals surface area contributed by atoms with Crippen molar-refractivity contribution >= 4 is 15.7 Å². The third kappa shape index (κ3) is 2.81. The molecule has 2 fully saturated rings. The molecule has 3 rings (SSSR count). The first kappa shape index (κ1) is 14.8. The molecule has 0 N–H and O–H groups in total. The fourth-order valence-corrected chi connectivity index (χ4v) is 4.29. The topological polar surface area (TPSA) is 66.9 Å². The number of morpholine rings is 1. The molecule has 3 aliphatic rings. The van der Waals surface area contributed by atoms with Gasteiger partial charge in [0.05, 0.1) is 23.7 Å². The van der Waals surface area contributed by atoms with Gasteiger partial charge in [0.2, 0.25) is 0 Å². The van der Waals surface area contributed by atoms with Crippen molar-refractivity contribution in [1.82, 2.24) is 9.80 Å². The van der Waals surface area contributed by atoms with E-state index in [0.29, 0.717) is 44.8 Å². The molecule has 0 unspecified atom stereocenters. The van der Waals surface area contributed by atoms with E-state index in [-0.39, 0.29) is 5.91 Å². The average Bonchev–Trinajstić information content (AvgIpc) is 3.23. The summed E-state index contributed by atoms with van der Waals surface area (Å²) >= 11 is 0. The van der Waals surface area contributed by atoms with Gasteiger partial charge in [-0.1, -0.05) is 6.08 Å². The minimum absolute atomic E-state index is 0.0296. The Morgan fingerprint density at radius 1 is 1.24 bits per heavy atom. The van der Waals surface area contributed by atoms with Crippen LogP contribution in [0.2, 0.25) is 0 Å². The fraction of sp³-hybridized carbons (Fsp3) is 0.786. The zero-order valence-electron chi connectivity index (χ0n) is 12.4. The summed E-state index contributed by atoms with van der Waals surface area (Å²) in [5.74, 6) is -0.0296. The van der Waals surface area contributed by atoms with Gasteiger partial charge in [0.15, 0.2) is 9.84 Å². The number of ether oxygens (including phenoxy) is 1. The Bertz CT molecular complexity index is 560. The number of carbonyl (C=O) groups is 1. The lowest BCUT2D eigenvalue weighted by Crippen LogP contribution is -2.48. The molecular weight excluding hydrogens is 292 g/mol. The van der Waals surface area contributed by atoms with Gasteiger partial charge in [-0.3, -0.25) is 4.79 Å². The SMILES string of the molecule is CS(=O)(=O)C1(CN2CCC=C(N3CCOCC3)C2=O)CC1. The van der Waals surface area contributed by atoms with Crippen LogP contribution in [-0.2, 0) is 19.4 Å². The number of carbonyl (C=O) groups excluding carboxylic acids is 1. The third-order valence-electron chi connectivity index (χ3n) is 4.67. The summed E-state index contributed by atoms with van der Waals surface area (Å²) < 4.78 is 28.4. The maximum absolute atomic E-state index is 12.6. The average molecular weight is 314 g/mol. The summed E-state index contributed by atoms with van der Waals surface area (Å²) in [6, 6.07) is 0. The Morgan fingerprint density at radius 2 is 1.90 bits per heavy atom. The van der Waals surface area contributed by atoms with Crippen molar-refractivity contribution in [2.75, 3.05) is 45.6 Å². The summed E-state index contributed by atoms with van der Waals surface area (Å²) in [4.78, 5) is 16.4. The highest BCUT2D eigenvalue weighted by molar-refractivity contribution is 7.92. The smallest absolute Gasteiger partial charge is 0.269 e. The standard InChI is InChI=1S/C14H22N2O4S/c1-21(18,19)14(4-5-14)11-16-6-2-3-12(13(16)17)15-7-9-20-10-8-15/h3H,2,4-11H2,1H3. The molecule has 0 bridgehead atoms. The molecule has 2 aliphatic heterocycles. The predicted octanol–water partition coefficient (Wildman–Crippen LogP) is 0.0120. The van der Waals surface area contributed by atoms with E-state index in [1.54, 1.807) is 4.90 Å². The zero-order chi connectivity index (χ0) is 15.1. The van der Waals surface area contributed by atoms with Gasteiger partial charge in [-0.15, -0.1) is 0 Å². The highest BCUT2D eigenvalue weighted by atomic mass is 32.2. The van der Waals surface area contributed by atoms with Gasteiger partial charge >= 0.3 is 0 Å². The Kier molecular flexibility index (Phi) is 3.73. The van der Waals surface area contributed by atoms with E-state index in [1.165, 1.54) is 6.26 Å². The summed E-state index contributed by atoms with van der Waals surface area (Å²) in [6.45, 7) is 3.68. The molecular formula is C14H22N2O4S.